The normalized spacial score (nSPS) is 21.2. The summed E-state index contributed by atoms with van der Waals surface area (Å²) in [5.74, 6) is -0.654. The van der Waals surface area contributed by atoms with Crippen LogP contribution in [0.3, 0.4) is 0 Å². The smallest absolute Gasteiger partial charge is 0.254 e. The summed E-state index contributed by atoms with van der Waals surface area (Å²) in [5.41, 5.74) is 1.86. The minimum Gasteiger partial charge on any atom is -0.342 e. The molecule has 2 aliphatic rings. The molecule has 2 N–H and O–H groups in total. The quantitative estimate of drug-likeness (QED) is 0.663. The fourth-order valence-electron chi connectivity index (χ4n) is 4.23. The Morgan fingerprint density at radius 1 is 1.13 bits per heavy atom. The summed E-state index contributed by atoms with van der Waals surface area (Å²) in [6.45, 7) is 1.24. The zero-order valence-electron chi connectivity index (χ0n) is 16.8. The second kappa shape index (κ2) is 8.11. The fourth-order valence-corrected chi connectivity index (χ4v) is 5.32. The SMILES string of the molecule is O=C1N[C@@H](CC(=O)N2CCCC(c3nc4ccccc4s3)C2)C(=O)Nc2ccccc21. The van der Waals surface area contributed by atoms with E-state index in [9.17, 15) is 14.4 Å². The first-order valence-corrected chi connectivity index (χ1v) is 11.2. The van der Waals surface area contributed by atoms with E-state index in [1.165, 1.54) is 0 Å². The molecule has 1 fully saturated rings. The molecule has 0 aliphatic carbocycles. The van der Waals surface area contributed by atoms with Crippen molar-refractivity contribution in [3.8, 4) is 0 Å². The van der Waals surface area contributed by atoms with Gasteiger partial charge in [-0.1, -0.05) is 24.3 Å². The zero-order valence-corrected chi connectivity index (χ0v) is 17.7. The van der Waals surface area contributed by atoms with Crippen LogP contribution >= 0.6 is 11.3 Å². The summed E-state index contributed by atoms with van der Waals surface area (Å²) in [5, 5.41) is 6.52. The number of para-hydroxylation sites is 2. The van der Waals surface area contributed by atoms with Crippen LogP contribution in [0.25, 0.3) is 10.2 Å². The molecule has 3 amide bonds. The summed E-state index contributed by atoms with van der Waals surface area (Å²) in [6, 6.07) is 14.0. The third-order valence-electron chi connectivity index (χ3n) is 5.86. The Kier molecular flexibility index (Phi) is 5.15. The molecular formula is C23H22N4O3S. The first kappa shape index (κ1) is 19.7. The lowest BCUT2D eigenvalue weighted by Gasteiger charge is -2.32. The third-order valence-corrected chi connectivity index (χ3v) is 7.06. The number of nitrogens with one attached hydrogen (secondary N) is 2. The van der Waals surface area contributed by atoms with Gasteiger partial charge in [-0.2, -0.15) is 0 Å². The van der Waals surface area contributed by atoms with Crippen molar-refractivity contribution in [2.75, 3.05) is 18.4 Å². The van der Waals surface area contributed by atoms with Crippen molar-refractivity contribution < 1.29 is 14.4 Å². The van der Waals surface area contributed by atoms with Gasteiger partial charge in [0.25, 0.3) is 5.91 Å². The van der Waals surface area contributed by atoms with E-state index in [0.29, 0.717) is 24.3 Å². The van der Waals surface area contributed by atoms with E-state index in [0.717, 1.165) is 28.1 Å². The molecule has 0 radical (unpaired) electrons. The van der Waals surface area contributed by atoms with Gasteiger partial charge in [0.1, 0.15) is 6.04 Å². The number of rotatable bonds is 3. The number of amides is 3. The molecule has 0 spiro atoms. The minimum atomic E-state index is -0.893. The van der Waals surface area contributed by atoms with Crippen LogP contribution in [-0.4, -0.2) is 46.7 Å². The van der Waals surface area contributed by atoms with Crippen LogP contribution in [0.15, 0.2) is 48.5 Å². The molecule has 0 saturated carbocycles. The maximum atomic E-state index is 13.0. The standard InChI is InChI=1S/C23H22N4O3S/c28-20(12-18-22(30)24-16-8-2-1-7-15(16)21(29)25-18)27-11-5-6-14(13-27)23-26-17-9-3-4-10-19(17)31-23/h1-4,7-10,14,18H,5-6,11-13H2,(H,24,30)(H,25,29)/t14?,18-/m0/s1. The number of fused-ring (bicyclic) bond motifs is 2. The topological polar surface area (TPSA) is 91.4 Å². The van der Waals surface area contributed by atoms with Gasteiger partial charge in [0, 0.05) is 19.0 Å². The van der Waals surface area contributed by atoms with E-state index in [-0.39, 0.29) is 30.1 Å². The molecule has 2 aromatic carbocycles. The van der Waals surface area contributed by atoms with Gasteiger partial charge in [0.05, 0.1) is 32.9 Å². The second-order valence-electron chi connectivity index (χ2n) is 7.96. The Bertz CT molecular complexity index is 1140. The van der Waals surface area contributed by atoms with Gasteiger partial charge in [-0.05, 0) is 37.1 Å². The first-order chi connectivity index (χ1) is 15.1. The lowest BCUT2D eigenvalue weighted by Crippen LogP contribution is -2.47. The van der Waals surface area contributed by atoms with E-state index >= 15 is 0 Å². The maximum Gasteiger partial charge on any atom is 0.254 e. The number of nitrogens with zero attached hydrogens (tertiary/aromatic N) is 2. The van der Waals surface area contributed by atoms with E-state index in [1.807, 2.05) is 18.2 Å². The van der Waals surface area contributed by atoms with Crippen molar-refractivity contribution in [3.05, 3.63) is 59.1 Å². The van der Waals surface area contributed by atoms with Crippen LogP contribution in [0.5, 0.6) is 0 Å². The lowest BCUT2D eigenvalue weighted by molar-refractivity contribution is -0.134. The minimum absolute atomic E-state index is 0.0574. The molecule has 5 rings (SSSR count). The van der Waals surface area contributed by atoms with Gasteiger partial charge in [-0.25, -0.2) is 4.98 Å². The highest BCUT2D eigenvalue weighted by Crippen LogP contribution is 2.33. The van der Waals surface area contributed by atoms with Crippen molar-refractivity contribution in [1.29, 1.82) is 0 Å². The largest absolute Gasteiger partial charge is 0.342 e. The summed E-state index contributed by atoms with van der Waals surface area (Å²) in [7, 11) is 0. The van der Waals surface area contributed by atoms with Crippen molar-refractivity contribution in [1.82, 2.24) is 15.2 Å². The summed E-state index contributed by atoms with van der Waals surface area (Å²) in [6.07, 6.45) is 1.82. The summed E-state index contributed by atoms with van der Waals surface area (Å²) < 4.78 is 1.15. The molecular weight excluding hydrogens is 412 g/mol. The monoisotopic (exact) mass is 434 g/mol. The Hall–Kier alpha value is -3.26. The molecule has 0 bridgehead atoms. The van der Waals surface area contributed by atoms with Crippen LogP contribution in [0, 0.1) is 0 Å². The van der Waals surface area contributed by atoms with Gasteiger partial charge < -0.3 is 15.5 Å². The Labute approximate surface area is 183 Å². The van der Waals surface area contributed by atoms with E-state index < -0.39 is 6.04 Å². The Morgan fingerprint density at radius 3 is 2.81 bits per heavy atom. The lowest BCUT2D eigenvalue weighted by atomic mass is 9.98. The molecule has 158 valence electrons. The number of aromatic nitrogens is 1. The molecule has 3 heterocycles. The van der Waals surface area contributed by atoms with Crippen molar-refractivity contribution in [3.63, 3.8) is 0 Å². The van der Waals surface area contributed by atoms with Gasteiger partial charge in [-0.15, -0.1) is 11.3 Å². The highest BCUT2D eigenvalue weighted by Gasteiger charge is 2.33. The van der Waals surface area contributed by atoms with Crippen molar-refractivity contribution >= 4 is 45.0 Å². The average molecular weight is 435 g/mol. The molecule has 8 heteroatoms. The number of carbonyl (C=O) groups is 3. The highest BCUT2D eigenvalue weighted by molar-refractivity contribution is 7.18. The predicted octanol–water partition coefficient (Wildman–Crippen LogP) is 3.14. The Balaban J connectivity index is 1.28. The molecule has 2 aliphatic heterocycles. The van der Waals surface area contributed by atoms with Crippen molar-refractivity contribution in [2.24, 2.45) is 0 Å². The number of likely N-dealkylation sites (tertiary alicyclic amines) is 1. The maximum absolute atomic E-state index is 13.0. The molecule has 7 nitrogen and oxygen atoms in total. The molecule has 2 atom stereocenters. The second-order valence-corrected chi connectivity index (χ2v) is 9.03. The number of hydrogen-bond donors (Lipinski definition) is 2. The van der Waals surface area contributed by atoms with Gasteiger partial charge in [0.15, 0.2) is 0 Å². The van der Waals surface area contributed by atoms with Crippen molar-refractivity contribution in [2.45, 2.75) is 31.2 Å². The van der Waals surface area contributed by atoms with E-state index in [2.05, 4.69) is 16.7 Å². The first-order valence-electron chi connectivity index (χ1n) is 10.4. The fraction of sp³-hybridized carbons (Fsp3) is 0.304. The van der Waals surface area contributed by atoms with Crippen LogP contribution in [0.2, 0.25) is 0 Å². The van der Waals surface area contributed by atoms with Gasteiger partial charge in [-0.3, -0.25) is 14.4 Å². The highest BCUT2D eigenvalue weighted by atomic mass is 32.1. The van der Waals surface area contributed by atoms with E-state index in [4.69, 9.17) is 4.98 Å². The van der Waals surface area contributed by atoms with Crippen LogP contribution in [0.4, 0.5) is 5.69 Å². The molecule has 3 aromatic rings. The number of benzene rings is 2. The van der Waals surface area contributed by atoms with Gasteiger partial charge in [0.2, 0.25) is 11.8 Å². The molecule has 1 saturated heterocycles. The van der Waals surface area contributed by atoms with Crippen LogP contribution < -0.4 is 10.6 Å². The number of anilines is 1. The molecule has 31 heavy (non-hydrogen) atoms. The number of thiazole rings is 1. The predicted molar refractivity (Wildman–Crippen MR) is 119 cm³/mol. The van der Waals surface area contributed by atoms with Crippen LogP contribution in [-0.2, 0) is 9.59 Å². The summed E-state index contributed by atoms with van der Waals surface area (Å²) >= 11 is 1.68. The molecule has 1 unspecified atom stereocenters. The Morgan fingerprint density at radius 2 is 1.94 bits per heavy atom. The molecule has 1 aromatic heterocycles. The average Bonchev–Trinajstić information content (AvgIpc) is 3.18. The van der Waals surface area contributed by atoms with Crippen LogP contribution in [0.1, 0.15) is 40.5 Å². The van der Waals surface area contributed by atoms with Gasteiger partial charge >= 0.3 is 0 Å². The summed E-state index contributed by atoms with van der Waals surface area (Å²) in [4.78, 5) is 44.7. The number of hydrogen-bond acceptors (Lipinski definition) is 5. The number of carbonyl (C=O) groups excluding carboxylic acids is 3. The third kappa shape index (κ3) is 3.90. The zero-order chi connectivity index (χ0) is 21.4. The number of piperidine rings is 1. The van der Waals surface area contributed by atoms with E-state index in [1.54, 1.807) is 40.5 Å².